The fourth-order valence-electron chi connectivity index (χ4n) is 4.18. The number of fused-ring (bicyclic) bond motifs is 2. The highest BCUT2D eigenvalue weighted by Gasteiger charge is 2.36. The van der Waals surface area contributed by atoms with Crippen LogP contribution in [0.1, 0.15) is 35.8 Å². The maximum Gasteiger partial charge on any atom is 0.433 e. The van der Waals surface area contributed by atoms with Gasteiger partial charge >= 0.3 is 6.18 Å². The lowest BCUT2D eigenvalue weighted by molar-refractivity contribution is -0.142. The number of aromatic nitrogens is 5. The van der Waals surface area contributed by atoms with Crippen molar-refractivity contribution in [2.45, 2.75) is 31.5 Å². The molecule has 30 heavy (non-hydrogen) atoms. The minimum atomic E-state index is -4.53. The number of H-pyrrole nitrogens is 1. The lowest BCUT2D eigenvalue weighted by Crippen LogP contribution is -2.34. The average molecular weight is 435 g/mol. The molecule has 1 fully saturated rings. The second-order valence-corrected chi connectivity index (χ2v) is 7.95. The third kappa shape index (κ3) is 3.41. The third-order valence-corrected chi connectivity index (χ3v) is 6.01. The number of piperidine rings is 1. The molecule has 0 amide bonds. The molecule has 1 N–H and O–H groups in total. The zero-order valence-electron chi connectivity index (χ0n) is 15.8. The quantitative estimate of drug-likeness (QED) is 0.509. The highest BCUT2D eigenvalue weighted by molar-refractivity contribution is 6.36. The van der Waals surface area contributed by atoms with Gasteiger partial charge in [0.25, 0.3) is 5.78 Å². The molecule has 1 unspecified atom stereocenters. The Balaban J connectivity index is 1.42. The number of benzene rings is 1. The highest BCUT2D eigenvalue weighted by Crippen LogP contribution is 2.34. The number of likely N-dealkylation sites (tertiary alicyclic amines) is 1. The van der Waals surface area contributed by atoms with Crippen molar-refractivity contribution < 1.29 is 13.2 Å². The van der Waals surface area contributed by atoms with E-state index in [1.807, 2.05) is 24.3 Å². The molecule has 10 heteroatoms. The molecule has 3 aromatic heterocycles. The van der Waals surface area contributed by atoms with Gasteiger partial charge in [0, 0.05) is 35.6 Å². The Morgan fingerprint density at radius 3 is 2.87 bits per heavy atom. The van der Waals surface area contributed by atoms with Crippen LogP contribution in [0, 0.1) is 0 Å². The van der Waals surface area contributed by atoms with E-state index in [4.69, 9.17) is 11.6 Å². The van der Waals surface area contributed by atoms with E-state index >= 15 is 0 Å². The number of para-hydroxylation sites is 1. The number of alkyl halides is 3. The van der Waals surface area contributed by atoms with Crippen LogP contribution in [-0.2, 0) is 12.7 Å². The summed E-state index contributed by atoms with van der Waals surface area (Å²) in [6.45, 7) is 2.05. The summed E-state index contributed by atoms with van der Waals surface area (Å²) in [4.78, 5) is 13.8. The zero-order valence-corrected chi connectivity index (χ0v) is 16.6. The van der Waals surface area contributed by atoms with Gasteiger partial charge in [-0.1, -0.05) is 29.8 Å². The maximum absolute atomic E-state index is 13.5. The number of rotatable bonds is 3. The summed E-state index contributed by atoms with van der Waals surface area (Å²) in [6.07, 6.45) is -1.81. The predicted octanol–water partition coefficient (Wildman–Crippen LogP) is 4.66. The lowest BCUT2D eigenvalue weighted by atomic mass is 9.94. The fraction of sp³-hybridized carbons (Fsp3) is 0.350. The summed E-state index contributed by atoms with van der Waals surface area (Å²) in [7, 11) is 0. The van der Waals surface area contributed by atoms with Crippen molar-refractivity contribution in [2.24, 2.45) is 0 Å². The number of aromatic amines is 1. The lowest BCUT2D eigenvalue weighted by Gasteiger charge is -2.32. The van der Waals surface area contributed by atoms with Crippen LogP contribution in [0.5, 0.6) is 0 Å². The van der Waals surface area contributed by atoms with Crippen LogP contribution in [0.15, 0.2) is 36.7 Å². The van der Waals surface area contributed by atoms with Gasteiger partial charge in [-0.3, -0.25) is 4.90 Å². The van der Waals surface area contributed by atoms with Crippen LogP contribution in [0.2, 0.25) is 5.02 Å². The monoisotopic (exact) mass is 434 g/mol. The summed E-state index contributed by atoms with van der Waals surface area (Å²) in [6, 6.07) is 8.92. The Bertz CT molecular complexity index is 1210. The summed E-state index contributed by atoms with van der Waals surface area (Å²) in [5.41, 5.74) is 1.43. The average Bonchev–Trinajstić information content (AvgIpc) is 3.32. The first-order chi connectivity index (χ1) is 14.4. The molecule has 4 heterocycles. The maximum atomic E-state index is 13.5. The summed E-state index contributed by atoms with van der Waals surface area (Å²) in [5.74, 6) is -0.152. The van der Waals surface area contributed by atoms with Gasteiger partial charge < -0.3 is 4.98 Å². The molecule has 156 valence electrons. The molecule has 1 saturated heterocycles. The Morgan fingerprint density at radius 2 is 2.07 bits per heavy atom. The number of nitrogens with zero attached hydrogens (tertiary/aromatic N) is 5. The number of hydrogen-bond acceptors (Lipinski definition) is 4. The number of hydrogen-bond donors (Lipinski definition) is 1. The summed E-state index contributed by atoms with van der Waals surface area (Å²) >= 11 is 6.54. The smallest absolute Gasteiger partial charge is 0.356 e. The normalized spacial score (nSPS) is 18.5. The standard InChI is InChI=1S/C20H18ClF3N6/c21-18-13-5-1-2-6-14(13)27-16(18)10-29-7-3-4-12(9-29)15-8-17(20(22,23)24)30-19(28-15)25-11-26-30/h1-2,5-6,8,11-12,27H,3-4,7,9-10H2. The van der Waals surface area contributed by atoms with E-state index in [0.717, 1.165) is 52.9 Å². The van der Waals surface area contributed by atoms with E-state index in [1.54, 1.807) is 0 Å². The fourth-order valence-corrected chi connectivity index (χ4v) is 4.45. The van der Waals surface area contributed by atoms with Gasteiger partial charge in [-0.2, -0.15) is 27.8 Å². The topological polar surface area (TPSA) is 62.1 Å². The Morgan fingerprint density at radius 1 is 1.23 bits per heavy atom. The highest BCUT2D eigenvalue weighted by atomic mass is 35.5. The van der Waals surface area contributed by atoms with E-state index < -0.39 is 11.9 Å². The van der Waals surface area contributed by atoms with Crippen LogP contribution < -0.4 is 0 Å². The predicted molar refractivity (Wildman–Crippen MR) is 106 cm³/mol. The molecule has 0 spiro atoms. The Hall–Kier alpha value is -2.65. The molecular formula is C20H18ClF3N6. The van der Waals surface area contributed by atoms with Crippen LogP contribution in [0.3, 0.4) is 0 Å². The van der Waals surface area contributed by atoms with Gasteiger partial charge in [0.05, 0.1) is 10.7 Å². The van der Waals surface area contributed by atoms with Crippen molar-refractivity contribution >= 4 is 28.3 Å². The molecule has 0 aliphatic carbocycles. The van der Waals surface area contributed by atoms with Gasteiger partial charge in [0.15, 0.2) is 5.69 Å². The minimum Gasteiger partial charge on any atom is -0.356 e. The molecule has 1 aromatic carbocycles. The minimum absolute atomic E-state index is 0.0318. The number of halogens is 4. The third-order valence-electron chi connectivity index (χ3n) is 5.58. The van der Waals surface area contributed by atoms with E-state index in [0.29, 0.717) is 23.8 Å². The van der Waals surface area contributed by atoms with Crippen LogP contribution in [0.4, 0.5) is 13.2 Å². The van der Waals surface area contributed by atoms with Crippen molar-refractivity contribution in [3.8, 4) is 0 Å². The molecule has 1 aliphatic heterocycles. The molecular weight excluding hydrogens is 417 g/mol. The first-order valence-electron chi connectivity index (χ1n) is 9.65. The van der Waals surface area contributed by atoms with E-state index in [2.05, 4.69) is 25.0 Å². The van der Waals surface area contributed by atoms with Gasteiger partial charge in [-0.05, 0) is 31.5 Å². The first-order valence-corrected chi connectivity index (χ1v) is 10.0. The second-order valence-electron chi connectivity index (χ2n) is 7.57. The van der Waals surface area contributed by atoms with Crippen LogP contribution in [0.25, 0.3) is 16.7 Å². The van der Waals surface area contributed by atoms with Gasteiger partial charge in [0.2, 0.25) is 0 Å². The van der Waals surface area contributed by atoms with Crippen LogP contribution >= 0.6 is 11.6 Å². The second kappa shape index (κ2) is 7.24. The van der Waals surface area contributed by atoms with Crippen molar-refractivity contribution in [1.82, 2.24) is 29.5 Å². The first kappa shape index (κ1) is 19.3. The molecule has 0 bridgehead atoms. The molecule has 0 radical (unpaired) electrons. The Kier molecular flexibility index (Phi) is 4.67. The molecule has 4 aromatic rings. The van der Waals surface area contributed by atoms with Gasteiger partial charge in [-0.15, -0.1) is 0 Å². The van der Waals surface area contributed by atoms with Crippen molar-refractivity contribution in [3.05, 3.63) is 58.8 Å². The zero-order chi connectivity index (χ0) is 20.9. The number of nitrogens with one attached hydrogen (secondary N) is 1. The summed E-state index contributed by atoms with van der Waals surface area (Å²) < 4.78 is 41.3. The molecule has 1 aliphatic rings. The van der Waals surface area contributed by atoms with Gasteiger partial charge in [-0.25, -0.2) is 4.98 Å². The van der Waals surface area contributed by atoms with E-state index in [-0.39, 0.29) is 11.7 Å². The van der Waals surface area contributed by atoms with Crippen molar-refractivity contribution in [3.63, 3.8) is 0 Å². The summed E-state index contributed by atoms with van der Waals surface area (Å²) in [5, 5.41) is 5.33. The largest absolute Gasteiger partial charge is 0.433 e. The van der Waals surface area contributed by atoms with E-state index in [1.165, 1.54) is 0 Å². The SMILES string of the molecule is FC(F)(F)c1cc(C2CCCN(Cc3[nH]c4ccccc4c3Cl)C2)nc2ncnn12. The van der Waals surface area contributed by atoms with Crippen LogP contribution in [-0.4, -0.2) is 42.6 Å². The van der Waals surface area contributed by atoms with Gasteiger partial charge in [0.1, 0.15) is 6.33 Å². The molecule has 5 rings (SSSR count). The van der Waals surface area contributed by atoms with E-state index in [9.17, 15) is 13.2 Å². The van der Waals surface area contributed by atoms with Crippen molar-refractivity contribution in [2.75, 3.05) is 13.1 Å². The molecule has 0 saturated carbocycles. The molecule has 1 atom stereocenters. The van der Waals surface area contributed by atoms with Crippen molar-refractivity contribution in [1.29, 1.82) is 0 Å². The molecule has 6 nitrogen and oxygen atoms in total. The Labute approximate surface area is 174 Å².